The van der Waals surface area contributed by atoms with Gasteiger partial charge in [0.25, 0.3) is 0 Å². The van der Waals surface area contributed by atoms with Crippen molar-refractivity contribution in [2.45, 2.75) is 25.6 Å². The lowest BCUT2D eigenvalue weighted by molar-refractivity contribution is 0.0814. The van der Waals surface area contributed by atoms with Gasteiger partial charge < -0.3 is 14.9 Å². The van der Waals surface area contributed by atoms with Gasteiger partial charge in [-0.05, 0) is 12.6 Å². The van der Waals surface area contributed by atoms with Crippen molar-refractivity contribution in [1.29, 1.82) is 0 Å². The summed E-state index contributed by atoms with van der Waals surface area (Å²) in [6.45, 7) is 4.67. The fourth-order valence-electron chi connectivity index (χ4n) is 2.21. The molecule has 0 amide bonds. The number of aliphatic hydroxyl groups excluding tert-OH is 2. The molecule has 0 spiro atoms. The molecule has 104 valence electrons. The van der Waals surface area contributed by atoms with Crippen LogP contribution in [0.2, 0.25) is 0 Å². The van der Waals surface area contributed by atoms with Crippen LogP contribution in [-0.2, 0) is 11.3 Å². The maximum absolute atomic E-state index is 9.88. The first-order valence-corrected chi connectivity index (χ1v) is 7.29. The van der Waals surface area contributed by atoms with Gasteiger partial charge in [-0.15, -0.1) is 11.3 Å². The van der Waals surface area contributed by atoms with Crippen molar-refractivity contribution < 1.29 is 14.9 Å². The summed E-state index contributed by atoms with van der Waals surface area (Å²) in [7, 11) is 0. The number of hydrogen-bond acceptors (Lipinski definition) is 5. The van der Waals surface area contributed by atoms with Crippen molar-refractivity contribution >= 4 is 11.3 Å². The van der Waals surface area contributed by atoms with Gasteiger partial charge in [-0.1, -0.05) is 18.8 Å². The van der Waals surface area contributed by atoms with Crippen LogP contribution in [0.1, 0.15) is 17.4 Å². The minimum absolute atomic E-state index is 0.0825. The van der Waals surface area contributed by atoms with E-state index in [1.807, 2.05) is 11.4 Å². The third kappa shape index (κ3) is 3.78. The molecule has 1 aliphatic heterocycles. The second kappa shape index (κ2) is 7.04. The Bertz CT molecular complexity index is 463. The summed E-state index contributed by atoms with van der Waals surface area (Å²) in [5.41, 5.74) is 0.938. The van der Waals surface area contributed by atoms with Crippen LogP contribution in [0.4, 0.5) is 0 Å². The van der Waals surface area contributed by atoms with Gasteiger partial charge in [-0.3, -0.25) is 4.90 Å². The van der Waals surface area contributed by atoms with E-state index < -0.39 is 6.10 Å². The quantitative estimate of drug-likeness (QED) is 0.797. The van der Waals surface area contributed by atoms with Gasteiger partial charge in [0, 0.05) is 22.4 Å². The molecule has 0 bridgehead atoms. The molecule has 1 aromatic heterocycles. The van der Waals surface area contributed by atoms with Gasteiger partial charge in [-0.25, -0.2) is 0 Å². The minimum Gasteiger partial charge on any atom is -0.389 e. The first-order valence-electron chi connectivity index (χ1n) is 6.41. The van der Waals surface area contributed by atoms with Crippen LogP contribution in [0.15, 0.2) is 11.4 Å². The van der Waals surface area contributed by atoms with Gasteiger partial charge in [0.05, 0.1) is 25.4 Å². The Hall–Kier alpha value is -0.900. The van der Waals surface area contributed by atoms with E-state index in [1.54, 1.807) is 11.3 Å². The van der Waals surface area contributed by atoms with Crippen molar-refractivity contribution in [1.82, 2.24) is 4.90 Å². The van der Waals surface area contributed by atoms with E-state index in [0.29, 0.717) is 13.2 Å². The van der Waals surface area contributed by atoms with Crippen LogP contribution in [0.25, 0.3) is 0 Å². The highest BCUT2D eigenvalue weighted by Gasteiger charge is 2.30. The highest BCUT2D eigenvalue weighted by molar-refractivity contribution is 7.10. The zero-order valence-electron chi connectivity index (χ0n) is 11.0. The van der Waals surface area contributed by atoms with Gasteiger partial charge in [0.1, 0.15) is 6.61 Å². The molecule has 1 fully saturated rings. The fraction of sp³-hybridized carbons (Fsp3) is 0.571. The highest BCUT2D eigenvalue weighted by Crippen LogP contribution is 2.20. The van der Waals surface area contributed by atoms with Crippen LogP contribution in [0.5, 0.6) is 0 Å². The summed E-state index contributed by atoms with van der Waals surface area (Å²) in [5, 5.41) is 20.5. The Morgan fingerprint density at radius 3 is 3.00 bits per heavy atom. The lowest BCUT2D eigenvalue weighted by atomic mass is 10.1. The molecule has 2 N–H and O–H groups in total. The molecular weight excluding hydrogens is 262 g/mol. The molecule has 0 aromatic carbocycles. The molecule has 0 aliphatic carbocycles. The summed E-state index contributed by atoms with van der Waals surface area (Å²) >= 11 is 1.66. The molecule has 0 unspecified atom stereocenters. The van der Waals surface area contributed by atoms with Gasteiger partial charge >= 0.3 is 0 Å². The number of likely N-dealkylation sites (N-methyl/N-ethyl adjacent to an activating group) is 1. The topological polar surface area (TPSA) is 52.9 Å². The average Bonchev–Trinajstić information content (AvgIpc) is 3.02. The summed E-state index contributed by atoms with van der Waals surface area (Å²) < 4.78 is 5.31. The molecule has 19 heavy (non-hydrogen) atoms. The number of thiophene rings is 1. The van der Waals surface area contributed by atoms with Crippen molar-refractivity contribution in [3.63, 3.8) is 0 Å². The maximum Gasteiger partial charge on any atom is 0.104 e. The Morgan fingerprint density at radius 1 is 1.53 bits per heavy atom. The molecule has 2 atom stereocenters. The van der Waals surface area contributed by atoms with Crippen LogP contribution < -0.4 is 0 Å². The van der Waals surface area contributed by atoms with Crippen molar-refractivity contribution in [3.05, 3.63) is 21.9 Å². The zero-order chi connectivity index (χ0) is 13.7. The molecule has 2 heterocycles. The Labute approximate surface area is 117 Å². The van der Waals surface area contributed by atoms with Crippen LogP contribution in [-0.4, -0.2) is 53.6 Å². The van der Waals surface area contributed by atoms with E-state index in [1.165, 1.54) is 4.88 Å². The molecular formula is C14H19NO3S. The van der Waals surface area contributed by atoms with Gasteiger partial charge in [0.2, 0.25) is 0 Å². The fourth-order valence-corrected chi connectivity index (χ4v) is 3.06. The van der Waals surface area contributed by atoms with Crippen molar-refractivity contribution in [2.75, 3.05) is 26.4 Å². The van der Waals surface area contributed by atoms with Crippen LogP contribution in [0.3, 0.4) is 0 Å². The van der Waals surface area contributed by atoms with Gasteiger partial charge in [0.15, 0.2) is 0 Å². The molecule has 5 heteroatoms. The van der Waals surface area contributed by atoms with E-state index in [9.17, 15) is 5.11 Å². The van der Waals surface area contributed by atoms with Gasteiger partial charge in [-0.2, -0.15) is 0 Å². The zero-order valence-corrected chi connectivity index (χ0v) is 11.8. The van der Waals surface area contributed by atoms with E-state index in [0.717, 1.165) is 18.7 Å². The largest absolute Gasteiger partial charge is 0.389 e. The predicted octanol–water partition coefficient (Wildman–Crippen LogP) is 0.673. The van der Waals surface area contributed by atoms with E-state index >= 15 is 0 Å². The Balaban J connectivity index is 2.00. The smallest absolute Gasteiger partial charge is 0.104 e. The summed E-state index contributed by atoms with van der Waals surface area (Å²) in [6.07, 6.45) is -0.395. The minimum atomic E-state index is -0.395. The first kappa shape index (κ1) is 14.5. The average molecular weight is 281 g/mol. The molecule has 0 saturated carbocycles. The third-order valence-corrected chi connectivity index (χ3v) is 4.14. The van der Waals surface area contributed by atoms with E-state index in [2.05, 4.69) is 23.7 Å². The third-order valence-electron chi connectivity index (χ3n) is 3.22. The lowest BCUT2D eigenvalue weighted by Gasteiger charge is -2.27. The highest BCUT2D eigenvalue weighted by atomic mass is 32.1. The second-order valence-electron chi connectivity index (χ2n) is 4.50. The molecule has 4 nitrogen and oxygen atoms in total. The summed E-state index contributed by atoms with van der Waals surface area (Å²) in [6, 6.07) is 2.12. The van der Waals surface area contributed by atoms with Crippen molar-refractivity contribution in [3.8, 4) is 11.8 Å². The SMILES string of the molecule is CCN(Cc1cc(C#CCO)cs1)[C@H]1COC[C@@H]1O. The number of nitrogens with zero attached hydrogens (tertiary/aromatic N) is 1. The van der Waals surface area contributed by atoms with E-state index in [-0.39, 0.29) is 12.6 Å². The summed E-state index contributed by atoms with van der Waals surface area (Å²) in [5.74, 6) is 5.55. The lowest BCUT2D eigenvalue weighted by Crippen LogP contribution is -2.42. The molecule has 1 saturated heterocycles. The first-order chi connectivity index (χ1) is 9.24. The number of rotatable bonds is 4. The Morgan fingerprint density at radius 2 is 2.37 bits per heavy atom. The molecule has 1 aliphatic rings. The maximum atomic E-state index is 9.88. The Kier molecular flexibility index (Phi) is 5.37. The van der Waals surface area contributed by atoms with Crippen molar-refractivity contribution in [2.24, 2.45) is 0 Å². The monoisotopic (exact) mass is 281 g/mol. The molecule has 2 rings (SSSR count). The van der Waals surface area contributed by atoms with Crippen LogP contribution in [0, 0.1) is 11.8 Å². The number of ether oxygens (including phenoxy) is 1. The normalized spacial score (nSPS) is 22.5. The van der Waals surface area contributed by atoms with E-state index in [4.69, 9.17) is 9.84 Å². The van der Waals surface area contributed by atoms with Crippen LogP contribution >= 0.6 is 11.3 Å². The summed E-state index contributed by atoms with van der Waals surface area (Å²) in [4.78, 5) is 3.44. The predicted molar refractivity (Wildman–Crippen MR) is 75.0 cm³/mol. The standard InChI is InChI=1S/C14H19NO3S/c1-2-15(13-8-18-9-14(13)17)7-12-6-11(10-19-12)4-3-5-16/h6,10,13-14,16-17H,2,5,7-9H2,1H3/t13-,14-/m0/s1. The molecule has 0 radical (unpaired) electrons. The molecule has 1 aromatic rings. The number of hydrogen-bond donors (Lipinski definition) is 2. The number of aliphatic hydroxyl groups is 2. The second-order valence-corrected chi connectivity index (χ2v) is 5.49.